The smallest absolute Gasteiger partial charge is 0.199 e. The van der Waals surface area contributed by atoms with Crippen LogP contribution in [0.2, 0.25) is 0 Å². The maximum atomic E-state index is 11.0. The zero-order chi connectivity index (χ0) is 24.2. The van der Waals surface area contributed by atoms with E-state index in [1.165, 1.54) is 37.9 Å². The van der Waals surface area contributed by atoms with Crippen molar-refractivity contribution in [3.8, 4) is 17.4 Å². The third-order valence-electron chi connectivity index (χ3n) is 6.60. The van der Waals surface area contributed by atoms with E-state index < -0.39 is 0 Å². The summed E-state index contributed by atoms with van der Waals surface area (Å²) in [7, 11) is 3.20. The van der Waals surface area contributed by atoms with E-state index in [9.17, 15) is 5.11 Å². The highest BCUT2D eigenvalue weighted by Crippen LogP contribution is 2.38. The Bertz CT molecular complexity index is 1320. The van der Waals surface area contributed by atoms with Gasteiger partial charge in [0.05, 0.1) is 36.7 Å². The molecular weight excluding hydrogens is 438 g/mol. The molecule has 0 unspecified atom stereocenters. The van der Waals surface area contributed by atoms with Gasteiger partial charge in [0.2, 0.25) is 0 Å². The first-order valence-corrected chi connectivity index (χ1v) is 12.1. The number of nitrogens with one attached hydrogen (secondary N) is 1. The monoisotopic (exact) mass is 469 g/mol. The maximum Gasteiger partial charge on any atom is 0.199 e. The normalized spacial score (nSPS) is 14.9. The minimum atomic E-state index is 0.0552. The molecule has 5 rings (SSSR count). The number of fused-ring (bicyclic) bond motifs is 1. The molecule has 6 nitrogen and oxygen atoms in total. The van der Waals surface area contributed by atoms with Crippen molar-refractivity contribution in [2.24, 2.45) is 4.99 Å². The SMILES string of the molecule is COc1cc2[nH]c(O)c(C(=Nc3ccc(CN4CCCCC4)cc3)c3ccccc3)c2cc1OC. The van der Waals surface area contributed by atoms with Crippen LogP contribution in [0.1, 0.15) is 36.0 Å². The number of ether oxygens (including phenoxy) is 2. The minimum absolute atomic E-state index is 0.0552. The van der Waals surface area contributed by atoms with E-state index in [4.69, 9.17) is 14.5 Å². The van der Waals surface area contributed by atoms with Crippen molar-refractivity contribution in [1.29, 1.82) is 0 Å². The fourth-order valence-corrected chi connectivity index (χ4v) is 4.79. The van der Waals surface area contributed by atoms with Crippen LogP contribution in [0.25, 0.3) is 10.9 Å². The second-order valence-electron chi connectivity index (χ2n) is 8.93. The van der Waals surface area contributed by atoms with Crippen LogP contribution >= 0.6 is 0 Å². The van der Waals surface area contributed by atoms with Gasteiger partial charge in [-0.25, -0.2) is 4.99 Å². The van der Waals surface area contributed by atoms with Crippen LogP contribution in [0.4, 0.5) is 5.69 Å². The Morgan fingerprint density at radius 1 is 0.914 bits per heavy atom. The Balaban J connectivity index is 1.56. The number of rotatable bonds is 7. The number of aromatic hydroxyl groups is 1. The fraction of sp³-hybridized carbons (Fsp3) is 0.276. The molecule has 0 spiro atoms. The molecule has 2 heterocycles. The predicted octanol–water partition coefficient (Wildman–Crippen LogP) is 6.05. The Labute approximate surface area is 205 Å². The predicted molar refractivity (Wildman–Crippen MR) is 140 cm³/mol. The van der Waals surface area contributed by atoms with Gasteiger partial charge in [0.15, 0.2) is 17.4 Å². The average molecular weight is 470 g/mol. The quantitative estimate of drug-likeness (QED) is 0.324. The summed E-state index contributed by atoms with van der Waals surface area (Å²) in [4.78, 5) is 10.6. The van der Waals surface area contributed by atoms with Crippen LogP contribution in [-0.2, 0) is 6.54 Å². The van der Waals surface area contributed by atoms with Crippen molar-refractivity contribution in [2.45, 2.75) is 25.8 Å². The van der Waals surface area contributed by atoms with Crippen LogP contribution in [0, 0.1) is 0 Å². The largest absolute Gasteiger partial charge is 0.494 e. The van der Waals surface area contributed by atoms with Gasteiger partial charge in [0.25, 0.3) is 0 Å². The molecule has 0 amide bonds. The third-order valence-corrected chi connectivity index (χ3v) is 6.60. The zero-order valence-corrected chi connectivity index (χ0v) is 20.3. The van der Waals surface area contributed by atoms with Gasteiger partial charge < -0.3 is 19.6 Å². The zero-order valence-electron chi connectivity index (χ0n) is 20.3. The van der Waals surface area contributed by atoms with E-state index in [-0.39, 0.29) is 5.88 Å². The van der Waals surface area contributed by atoms with Gasteiger partial charge in [-0.05, 0) is 49.7 Å². The summed E-state index contributed by atoms with van der Waals surface area (Å²) in [6.45, 7) is 3.32. The summed E-state index contributed by atoms with van der Waals surface area (Å²) in [6.07, 6.45) is 3.91. The first-order chi connectivity index (χ1) is 17.2. The fourth-order valence-electron chi connectivity index (χ4n) is 4.79. The molecule has 4 aromatic rings. The topological polar surface area (TPSA) is 70.1 Å². The molecule has 3 aromatic carbocycles. The number of aromatic nitrogens is 1. The van der Waals surface area contributed by atoms with Crippen molar-refractivity contribution in [3.05, 3.63) is 83.4 Å². The molecule has 1 aliphatic rings. The molecule has 6 heteroatoms. The van der Waals surface area contributed by atoms with Gasteiger partial charge in [-0.2, -0.15) is 0 Å². The molecule has 180 valence electrons. The molecule has 1 aliphatic heterocycles. The summed E-state index contributed by atoms with van der Waals surface area (Å²) < 4.78 is 11.0. The standard InChI is InChI=1S/C29H31N3O3/c1-34-25-17-23-24(18-26(25)35-2)31-29(33)27(23)28(21-9-5-3-6-10-21)30-22-13-11-20(12-14-22)19-32-15-7-4-8-16-32/h3,5-6,9-14,17-18,31,33H,4,7-8,15-16,19H2,1-2H3. The molecule has 0 atom stereocenters. The first-order valence-electron chi connectivity index (χ1n) is 12.1. The summed E-state index contributed by atoms with van der Waals surface area (Å²) >= 11 is 0. The Morgan fingerprint density at radius 3 is 2.29 bits per heavy atom. The van der Waals surface area contributed by atoms with Gasteiger partial charge in [-0.1, -0.05) is 48.9 Å². The number of benzene rings is 3. The van der Waals surface area contributed by atoms with Crippen molar-refractivity contribution in [1.82, 2.24) is 9.88 Å². The van der Waals surface area contributed by atoms with Gasteiger partial charge in [-0.15, -0.1) is 0 Å². The number of piperidine rings is 1. The summed E-state index contributed by atoms with van der Waals surface area (Å²) in [5.41, 5.74) is 5.10. The van der Waals surface area contributed by atoms with E-state index in [1.54, 1.807) is 14.2 Å². The average Bonchev–Trinajstić information content (AvgIpc) is 3.22. The van der Waals surface area contributed by atoms with Gasteiger partial charge in [-0.3, -0.25) is 4.90 Å². The van der Waals surface area contributed by atoms with E-state index in [1.807, 2.05) is 42.5 Å². The highest BCUT2D eigenvalue weighted by molar-refractivity contribution is 6.22. The van der Waals surface area contributed by atoms with Gasteiger partial charge >= 0.3 is 0 Å². The lowest BCUT2D eigenvalue weighted by atomic mass is 10.0. The van der Waals surface area contributed by atoms with Crippen LogP contribution in [0.3, 0.4) is 0 Å². The molecule has 0 aliphatic carbocycles. The number of likely N-dealkylation sites (tertiary alicyclic amines) is 1. The number of aromatic amines is 1. The van der Waals surface area contributed by atoms with Crippen LogP contribution < -0.4 is 9.47 Å². The lowest BCUT2D eigenvalue weighted by Crippen LogP contribution is -2.28. The Hall–Kier alpha value is -3.77. The van der Waals surface area contributed by atoms with Crippen molar-refractivity contribution in [2.75, 3.05) is 27.3 Å². The first kappa shape index (κ1) is 23.0. The van der Waals surface area contributed by atoms with Gasteiger partial charge in [0, 0.05) is 23.6 Å². The summed E-state index contributed by atoms with van der Waals surface area (Å²) in [5.74, 6) is 1.24. The lowest BCUT2D eigenvalue weighted by Gasteiger charge is -2.26. The molecule has 1 saturated heterocycles. The Morgan fingerprint density at radius 2 is 1.60 bits per heavy atom. The second kappa shape index (κ2) is 10.2. The minimum Gasteiger partial charge on any atom is -0.494 e. The molecule has 0 saturated carbocycles. The van der Waals surface area contributed by atoms with Gasteiger partial charge in [0.1, 0.15) is 0 Å². The number of H-pyrrole nitrogens is 1. The number of hydrogen-bond donors (Lipinski definition) is 2. The molecule has 0 radical (unpaired) electrons. The van der Waals surface area contributed by atoms with E-state index >= 15 is 0 Å². The molecule has 0 bridgehead atoms. The summed E-state index contributed by atoms with van der Waals surface area (Å²) in [6, 6.07) is 22.0. The third kappa shape index (κ3) is 4.88. The van der Waals surface area contributed by atoms with E-state index in [0.29, 0.717) is 22.8 Å². The number of aliphatic imine (C=N–C) groups is 1. The molecule has 2 N–H and O–H groups in total. The maximum absolute atomic E-state index is 11.0. The van der Waals surface area contributed by atoms with Crippen molar-refractivity contribution >= 4 is 22.3 Å². The van der Waals surface area contributed by atoms with E-state index in [0.717, 1.165) is 28.7 Å². The molecule has 1 aromatic heterocycles. The van der Waals surface area contributed by atoms with E-state index in [2.05, 4.69) is 34.1 Å². The van der Waals surface area contributed by atoms with Crippen LogP contribution in [-0.4, -0.2) is 48.0 Å². The number of nitrogens with zero attached hydrogens (tertiary/aromatic N) is 2. The van der Waals surface area contributed by atoms with Crippen molar-refractivity contribution < 1.29 is 14.6 Å². The highest BCUT2D eigenvalue weighted by Gasteiger charge is 2.21. The van der Waals surface area contributed by atoms with Crippen LogP contribution in [0.15, 0.2) is 71.7 Å². The Kier molecular flexibility index (Phi) is 6.73. The van der Waals surface area contributed by atoms with Crippen molar-refractivity contribution in [3.63, 3.8) is 0 Å². The number of methoxy groups -OCH3 is 2. The molecule has 35 heavy (non-hydrogen) atoms. The highest BCUT2D eigenvalue weighted by atomic mass is 16.5. The molecular formula is C29H31N3O3. The second-order valence-corrected chi connectivity index (χ2v) is 8.93. The summed E-state index contributed by atoms with van der Waals surface area (Å²) in [5, 5.41) is 11.8. The lowest BCUT2D eigenvalue weighted by molar-refractivity contribution is 0.221. The molecule has 1 fully saturated rings. The number of hydrogen-bond acceptors (Lipinski definition) is 5. The van der Waals surface area contributed by atoms with Crippen LogP contribution in [0.5, 0.6) is 17.4 Å².